The van der Waals surface area contributed by atoms with Crippen molar-refractivity contribution in [3.8, 4) is 22.8 Å². The SMILES string of the molecule is Nc1[nH]ncc1-c1nc(-c2ccccc2)no1. The number of hydrogen-bond acceptors (Lipinski definition) is 5. The van der Waals surface area contributed by atoms with Gasteiger partial charge in [-0.25, -0.2) is 0 Å². The lowest BCUT2D eigenvalue weighted by Crippen LogP contribution is -1.87. The summed E-state index contributed by atoms with van der Waals surface area (Å²) in [5, 5.41) is 10.3. The molecule has 1 aromatic carbocycles. The molecule has 2 heterocycles. The first-order chi connectivity index (χ1) is 8.34. The van der Waals surface area contributed by atoms with Crippen LogP contribution in [0.2, 0.25) is 0 Å². The number of aromatic nitrogens is 4. The maximum Gasteiger partial charge on any atom is 0.263 e. The molecule has 0 aliphatic heterocycles. The third-order valence-corrected chi connectivity index (χ3v) is 2.36. The lowest BCUT2D eigenvalue weighted by molar-refractivity contribution is 0.432. The quantitative estimate of drug-likeness (QED) is 0.695. The highest BCUT2D eigenvalue weighted by molar-refractivity contribution is 5.67. The van der Waals surface area contributed by atoms with E-state index in [2.05, 4.69) is 20.3 Å². The molecule has 6 nitrogen and oxygen atoms in total. The minimum Gasteiger partial charge on any atom is -0.383 e. The summed E-state index contributed by atoms with van der Waals surface area (Å²) in [4.78, 5) is 4.27. The molecule has 0 saturated heterocycles. The van der Waals surface area contributed by atoms with Crippen LogP contribution in [0.25, 0.3) is 22.8 Å². The van der Waals surface area contributed by atoms with Crippen LogP contribution in [0, 0.1) is 0 Å². The zero-order chi connectivity index (χ0) is 11.7. The summed E-state index contributed by atoms with van der Waals surface area (Å²) in [5.41, 5.74) is 7.18. The maximum atomic E-state index is 5.67. The summed E-state index contributed by atoms with van der Waals surface area (Å²) < 4.78 is 5.14. The second-order valence-corrected chi connectivity index (χ2v) is 3.49. The molecule has 3 aromatic rings. The Morgan fingerprint density at radius 1 is 1.18 bits per heavy atom. The largest absolute Gasteiger partial charge is 0.383 e. The standard InChI is InChI=1S/C11H9N5O/c12-9-8(6-13-15-9)11-14-10(16-17-11)7-4-2-1-3-5-7/h1-6H,(H3,12,13,15). The Bertz CT molecular complexity index is 628. The van der Waals surface area contributed by atoms with Crippen molar-refractivity contribution in [3.05, 3.63) is 36.5 Å². The van der Waals surface area contributed by atoms with Gasteiger partial charge in [0.05, 0.1) is 6.20 Å². The number of hydrogen-bond donors (Lipinski definition) is 2. The lowest BCUT2D eigenvalue weighted by Gasteiger charge is -1.90. The van der Waals surface area contributed by atoms with E-state index in [9.17, 15) is 0 Å². The van der Waals surface area contributed by atoms with Crippen LogP contribution in [0.5, 0.6) is 0 Å². The highest BCUT2D eigenvalue weighted by Gasteiger charge is 2.13. The van der Waals surface area contributed by atoms with E-state index in [0.29, 0.717) is 23.1 Å². The van der Waals surface area contributed by atoms with E-state index in [1.807, 2.05) is 30.3 Å². The predicted molar refractivity (Wildman–Crippen MR) is 61.7 cm³/mol. The predicted octanol–water partition coefficient (Wildman–Crippen LogP) is 1.71. The molecule has 0 aliphatic carbocycles. The highest BCUT2D eigenvalue weighted by Crippen LogP contribution is 2.24. The van der Waals surface area contributed by atoms with E-state index in [1.165, 1.54) is 0 Å². The Morgan fingerprint density at radius 2 is 2.00 bits per heavy atom. The van der Waals surface area contributed by atoms with Gasteiger partial charge < -0.3 is 10.3 Å². The molecule has 0 unspecified atom stereocenters. The zero-order valence-electron chi connectivity index (χ0n) is 8.79. The smallest absolute Gasteiger partial charge is 0.263 e. The Kier molecular flexibility index (Phi) is 2.11. The number of anilines is 1. The summed E-state index contributed by atoms with van der Waals surface area (Å²) in [6.07, 6.45) is 1.55. The van der Waals surface area contributed by atoms with Crippen molar-refractivity contribution in [3.63, 3.8) is 0 Å². The molecule has 0 aliphatic rings. The molecule has 0 amide bonds. The maximum absolute atomic E-state index is 5.67. The van der Waals surface area contributed by atoms with E-state index in [4.69, 9.17) is 10.3 Å². The molecule has 0 radical (unpaired) electrons. The topological polar surface area (TPSA) is 93.6 Å². The van der Waals surface area contributed by atoms with Crippen molar-refractivity contribution in [2.24, 2.45) is 0 Å². The van der Waals surface area contributed by atoms with E-state index < -0.39 is 0 Å². The van der Waals surface area contributed by atoms with Crippen molar-refractivity contribution in [1.82, 2.24) is 20.3 Å². The number of nitrogens with one attached hydrogen (secondary N) is 1. The van der Waals surface area contributed by atoms with E-state index >= 15 is 0 Å². The fourth-order valence-corrected chi connectivity index (χ4v) is 1.50. The average molecular weight is 227 g/mol. The van der Waals surface area contributed by atoms with Gasteiger partial charge >= 0.3 is 0 Å². The zero-order valence-corrected chi connectivity index (χ0v) is 8.79. The van der Waals surface area contributed by atoms with Gasteiger partial charge in [-0.1, -0.05) is 35.5 Å². The molecular weight excluding hydrogens is 218 g/mol. The molecule has 0 spiro atoms. The van der Waals surface area contributed by atoms with Gasteiger partial charge in [-0.05, 0) is 0 Å². The van der Waals surface area contributed by atoms with Gasteiger partial charge in [0.25, 0.3) is 5.89 Å². The van der Waals surface area contributed by atoms with Gasteiger partial charge in [-0.15, -0.1) is 0 Å². The number of nitrogens with zero attached hydrogens (tertiary/aromatic N) is 3. The first-order valence-electron chi connectivity index (χ1n) is 5.03. The van der Waals surface area contributed by atoms with Crippen LogP contribution in [0.1, 0.15) is 0 Å². The third kappa shape index (κ3) is 1.65. The first kappa shape index (κ1) is 9.59. The highest BCUT2D eigenvalue weighted by atomic mass is 16.5. The van der Waals surface area contributed by atoms with Gasteiger partial charge in [0.2, 0.25) is 5.82 Å². The van der Waals surface area contributed by atoms with Gasteiger partial charge in [0, 0.05) is 5.56 Å². The molecule has 6 heteroatoms. The van der Waals surface area contributed by atoms with E-state index in [0.717, 1.165) is 5.56 Å². The molecule has 3 rings (SSSR count). The molecular formula is C11H9N5O. The van der Waals surface area contributed by atoms with Crippen molar-refractivity contribution < 1.29 is 4.52 Å². The Morgan fingerprint density at radius 3 is 2.71 bits per heavy atom. The Hall–Kier alpha value is -2.63. The van der Waals surface area contributed by atoms with Crippen molar-refractivity contribution in [1.29, 1.82) is 0 Å². The molecule has 3 N–H and O–H groups in total. The van der Waals surface area contributed by atoms with E-state index in [1.54, 1.807) is 6.20 Å². The molecule has 0 saturated carbocycles. The fourth-order valence-electron chi connectivity index (χ4n) is 1.50. The molecule has 84 valence electrons. The van der Waals surface area contributed by atoms with Gasteiger partial charge in [0.15, 0.2) is 0 Å². The number of rotatable bonds is 2. The summed E-state index contributed by atoms with van der Waals surface area (Å²) in [6, 6.07) is 9.58. The second kappa shape index (κ2) is 3.75. The van der Waals surface area contributed by atoms with Crippen LogP contribution in [-0.2, 0) is 0 Å². The monoisotopic (exact) mass is 227 g/mol. The summed E-state index contributed by atoms with van der Waals surface area (Å²) in [6.45, 7) is 0. The first-order valence-corrected chi connectivity index (χ1v) is 5.03. The molecule has 0 atom stereocenters. The van der Waals surface area contributed by atoms with Crippen LogP contribution < -0.4 is 5.73 Å². The van der Waals surface area contributed by atoms with Crippen LogP contribution >= 0.6 is 0 Å². The summed E-state index contributed by atoms with van der Waals surface area (Å²) >= 11 is 0. The second-order valence-electron chi connectivity index (χ2n) is 3.49. The van der Waals surface area contributed by atoms with Crippen LogP contribution in [0.15, 0.2) is 41.1 Å². The number of benzene rings is 1. The number of nitrogen functional groups attached to an aromatic ring is 1. The Balaban J connectivity index is 2.02. The summed E-state index contributed by atoms with van der Waals surface area (Å²) in [5.74, 6) is 1.30. The number of H-pyrrole nitrogens is 1. The van der Waals surface area contributed by atoms with Gasteiger partial charge in [-0.3, -0.25) is 5.10 Å². The van der Waals surface area contributed by atoms with Crippen molar-refractivity contribution >= 4 is 5.82 Å². The van der Waals surface area contributed by atoms with Crippen LogP contribution in [0.4, 0.5) is 5.82 Å². The third-order valence-electron chi connectivity index (χ3n) is 2.36. The minimum atomic E-state index is 0.357. The Labute approximate surface area is 96.5 Å². The minimum absolute atomic E-state index is 0.357. The van der Waals surface area contributed by atoms with Crippen molar-refractivity contribution in [2.45, 2.75) is 0 Å². The van der Waals surface area contributed by atoms with Gasteiger partial charge in [0.1, 0.15) is 11.4 Å². The lowest BCUT2D eigenvalue weighted by atomic mass is 10.2. The summed E-state index contributed by atoms with van der Waals surface area (Å²) in [7, 11) is 0. The van der Waals surface area contributed by atoms with E-state index in [-0.39, 0.29) is 0 Å². The number of aromatic amines is 1. The molecule has 2 aromatic heterocycles. The molecule has 0 fully saturated rings. The van der Waals surface area contributed by atoms with Gasteiger partial charge in [-0.2, -0.15) is 10.1 Å². The van der Waals surface area contributed by atoms with Crippen LogP contribution in [-0.4, -0.2) is 20.3 Å². The average Bonchev–Trinajstić information content (AvgIpc) is 2.98. The number of nitrogens with two attached hydrogens (primary N) is 1. The normalized spacial score (nSPS) is 10.6. The van der Waals surface area contributed by atoms with Crippen LogP contribution in [0.3, 0.4) is 0 Å². The molecule has 0 bridgehead atoms. The fraction of sp³-hybridized carbons (Fsp3) is 0. The van der Waals surface area contributed by atoms with Crippen molar-refractivity contribution in [2.75, 3.05) is 5.73 Å². The molecule has 17 heavy (non-hydrogen) atoms.